The maximum absolute atomic E-state index is 12.4. The highest BCUT2D eigenvalue weighted by Gasteiger charge is 2.29. The smallest absolute Gasteiger partial charge is 0.255 e. The van der Waals surface area contributed by atoms with Gasteiger partial charge >= 0.3 is 0 Å². The highest BCUT2D eigenvalue weighted by molar-refractivity contribution is 9.10. The van der Waals surface area contributed by atoms with Crippen LogP contribution >= 0.6 is 15.9 Å². The standard InChI is InChI=1S/C17H25BrN2O2/c1-11(2)22-16-9-13(18)5-8-15(16)17(21)19-10-12(3)20(4)14-6-7-14/h5,8-9,11-12,14H,6-7,10H2,1-4H3,(H,19,21). The Kier molecular flexibility index (Phi) is 5.87. The van der Waals surface area contributed by atoms with Crippen molar-refractivity contribution in [1.29, 1.82) is 0 Å². The molecule has 1 atom stereocenters. The molecule has 1 aromatic carbocycles. The zero-order valence-electron chi connectivity index (χ0n) is 13.7. The second kappa shape index (κ2) is 7.47. The fraction of sp³-hybridized carbons (Fsp3) is 0.588. The first-order valence-electron chi connectivity index (χ1n) is 7.84. The summed E-state index contributed by atoms with van der Waals surface area (Å²) in [6.45, 7) is 6.69. The first kappa shape index (κ1) is 17.3. The average Bonchev–Trinajstić information content (AvgIpc) is 3.27. The van der Waals surface area contributed by atoms with Crippen LogP contribution in [0.25, 0.3) is 0 Å². The van der Waals surface area contributed by atoms with Crippen molar-refractivity contribution in [2.24, 2.45) is 0 Å². The summed E-state index contributed by atoms with van der Waals surface area (Å²) in [5.74, 6) is 0.532. The number of likely N-dealkylation sites (N-methyl/N-ethyl adjacent to an activating group) is 1. The molecule has 22 heavy (non-hydrogen) atoms. The van der Waals surface area contributed by atoms with Crippen molar-refractivity contribution in [2.45, 2.75) is 51.8 Å². The number of amides is 1. The lowest BCUT2D eigenvalue weighted by molar-refractivity contribution is 0.0933. The summed E-state index contributed by atoms with van der Waals surface area (Å²) in [5.41, 5.74) is 0.582. The fourth-order valence-corrected chi connectivity index (χ4v) is 2.70. The third-order valence-electron chi connectivity index (χ3n) is 3.93. The molecule has 1 aromatic rings. The van der Waals surface area contributed by atoms with Crippen molar-refractivity contribution in [3.05, 3.63) is 28.2 Å². The van der Waals surface area contributed by atoms with E-state index in [1.165, 1.54) is 12.8 Å². The van der Waals surface area contributed by atoms with Crippen LogP contribution in [0, 0.1) is 0 Å². The van der Waals surface area contributed by atoms with Gasteiger partial charge in [-0.25, -0.2) is 0 Å². The molecule has 2 rings (SSSR count). The predicted molar refractivity (Wildman–Crippen MR) is 92.5 cm³/mol. The van der Waals surface area contributed by atoms with Gasteiger partial charge in [0.25, 0.3) is 5.91 Å². The molecule has 0 aliphatic heterocycles. The Morgan fingerprint density at radius 3 is 2.68 bits per heavy atom. The summed E-state index contributed by atoms with van der Waals surface area (Å²) in [4.78, 5) is 14.8. The van der Waals surface area contributed by atoms with Crippen LogP contribution in [0.3, 0.4) is 0 Å². The van der Waals surface area contributed by atoms with Gasteiger partial charge in [-0.3, -0.25) is 9.69 Å². The molecule has 4 nitrogen and oxygen atoms in total. The fourth-order valence-electron chi connectivity index (χ4n) is 2.36. The van der Waals surface area contributed by atoms with Gasteiger partial charge in [0, 0.05) is 23.1 Å². The SMILES string of the molecule is CC(C)Oc1cc(Br)ccc1C(=O)NCC(C)N(C)C1CC1. The molecule has 0 saturated heterocycles. The van der Waals surface area contributed by atoms with Gasteiger partial charge in [0.2, 0.25) is 0 Å². The monoisotopic (exact) mass is 368 g/mol. The number of carbonyl (C=O) groups excluding carboxylic acids is 1. The molecule has 122 valence electrons. The van der Waals surface area contributed by atoms with Gasteiger partial charge < -0.3 is 10.1 Å². The minimum atomic E-state index is -0.0841. The first-order chi connectivity index (χ1) is 10.4. The average molecular weight is 369 g/mol. The highest BCUT2D eigenvalue weighted by Crippen LogP contribution is 2.27. The van der Waals surface area contributed by atoms with Crippen LogP contribution in [-0.4, -0.2) is 42.6 Å². The van der Waals surface area contributed by atoms with Crippen molar-refractivity contribution in [3.8, 4) is 5.75 Å². The van der Waals surface area contributed by atoms with Crippen molar-refractivity contribution >= 4 is 21.8 Å². The van der Waals surface area contributed by atoms with E-state index in [-0.39, 0.29) is 12.0 Å². The largest absolute Gasteiger partial charge is 0.490 e. The van der Waals surface area contributed by atoms with E-state index in [1.807, 2.05) is 26.0 Å². The van der Waals surface area contributed by atoms with Crippen molar-refractivity contribution in [2.75, 3.05) is 13.6 Å². The molecule has 1 saturated carbocycles. The minimum absolute atomic E-state index is 0.0285. The number of benzene rings is 1. The predicted octanol–water partition coefficient (Wildman–Crippen LogP) is 3.45. The van der Waals surface area contributed by atoms with Crippen LogP contribution in [0.2, 0.25) is 0 Å². The Bertz CT molecular complexity index is 529. The molecule has 1 N–H and O–H groups in total. The van der Waals surface area contributed by atoms with Crippen LogP contribution < -0.4 is 10.1 Å². The molecule has 5 heteroatoms. The lowest BCUT2D eigenvalue weighted by Crippen LogP contribution is -2.41. The van der Waals surface area contributed by atoms with Gasteiger partial charge in [-0.2, -0.15) is 0 Å². The maximum Gasteiger partial charge on any atom is 0.255 e. The number of rotatable bonds is 7. The Morgan fingerprint density at radius 1 is 1.41 bits per heavy atom. The second-order valence-electron chi connectivity index (χ2n) is 6.26. The summed E-state index contributed by atoms with van der Waals surface area (Å²) in [7, 11) is 2.13. The van der Waals surface area contributed by atoms with E-state index in [4.69, 9.17) is 4.74 Å². The summed E-state index contributed by atoms with van der Waals surface area (Å²) in [6.07, 6.45) is 2.57. The Hall–Kier alpha value is -1.07. The van der Waals surface area contributed by atoms with Gasteiger partial charge in [0.05, 0.1) is 11.7 Å². The quantitative estimate of drug-likeness (QED) is 0.801. The normalized spacial score (nSPS) is 16.0. The van der Waals surface area contributed by atoms with Crippen molar-refractivity contribution < 1.29 is 9.53 Å². The molecule has 1 amide bonds. The number of carbonyl (C=O) groups is 1. The highest BCUT2D eigenvalue weighted by atomic mass is 79.9. The molecule has 0 radical (unpaired) electrons. The zero-order valence-corrected chi connectivity index (χ0v) is 15.3. The van der Waals surface area contributed by atoms with E-state index >= 15 is 0 Å². The zero-order chi connectivity index (χ0) is 16.3. The molecule has 0 heterocycles. The number of hydrogen-bond donors (Lipinski definition) is 1. The summed E-state index contributed by atoms with van der Waals surface area (Å²) in [6, 6.07) is 6.53. The van der Waals surface area contributed by atoms with Crippen LogP contribution in [0.15, 0.2) is 22.7 Å². The number of hydrogen-bond acceptors (Lipinski definition) is 3. The Balaban J connectivity index is 1.99. The number of nitrogens with one attached hydrogen (secondary N) is 1. The molecular formula is C17H25BrN2O2. The van der Waals surface area contributed by atoms with E-state index in [2.05, 4.69) is 40.1 Å². The summed E-state index contributed by atoms with van der Waals surface area (Å²) in [5, 5.41) is 3.02. The van der Waals surface area contributed by atoms with Gasteiger partial charge in [0.1, 0.15) is 5.75 Å². The van der Waals surface area contributed by atoms with Gasteiger partial charge in [0.15, 0.2) is 0 Å². The topological polar surface area (TPSA) is 41.6 Å². The molecular weight excluding hydrogens is 344 g/mol. The molecule has 1 unspecified atom stereocenters. The number of halogens is 1. The van der Waals surface area contributed by atoms with E-state index in [0.29, 0.717) is 29.9 Å². The van der Waals surface area contributed by atoms with Gasteiger partial charge in [-0.15, -0.1) is 0 Å². The third-order valence-corrected chi connectivity index (χ3v) is 4.42. The molecule has 0 aromatic heterocycles. The van der Waals surface area contributed by atoms with Crippen molar-refractivity contribution in [3.63, 3.8) is 0 Å². The van der Waals surface area contributed by atoms with E-state index < -0.39 is 0 Å². The molecule has 1 fully saturated rings. The van der Waals surface area contributed by atoms with E-state index in [0.717, 1.165) is 4.47 Å². The van der Waals surface area contributed by atoms with Crippen LogP contribution in [0.1, 0.15) is 44.0 Å². The summed E-state index contributed by atoms with van der Waals surface area (Å²) < 4.78 is 6.65. The molecule has 1 aliphatic carbocycles. The first-order valence-corrected chi connectivity index (χ1v) is 8.64. The number of nitrogens with zero attached hydrogens (tertiary/aromatic N) is 1. The second-order valence-corrected chi connectivity index (χ2v) is 7.18. The van der Waals surface area contributed by atoms with E-state index in [9.17, 15) is 4.79 Å². The minimum Gasteiger partial charge on any atom is -0.490 e. The van der Waals surface area contributed by atoms with Crippen molar-refractivity contribution in [1.82, 2.24) is 10.2 Å². The number of ether oxygens (including phenoxy) is 1. The Labute approximate surface area is 141 Å². The van der Waals surface area contributed by atoms with Crippen LogP contribution in [0.5, 0.6) is 5.75 Å². The lowest BCUT2D eigenvalue weighted by Gasteiger charge is -2.24. The maximum atomic E-state index is 12.4. The van der Waals surface area contributed by atoms with Gasteiger partial charge in [-0.05, 0) is 58.9 Å². The Morgan fingerprint density at radius 2 is 2.09 bits per heavy atom. The lowest BCUT2D eigenvalue weighted by atomic mass is 10.1. The van der Waals surface area contributed by atoms with Crippen LogP contribution in [0.4, 0.5) is 0 Å². The van der Waals surface area contributed by atoms with Crippen LogP contribution in [-0.2, 0) is 0 Å². The molecule has 0 bridgehead atoms. The molecule has 0 spiro atoms. The summed E-state index contributed by atoms with van der Waals surface area (Å²) >= 11 is 3.42. The molecule has 1 aliphatic rings. The third kappa shape index (κ3) is 4.71. The van der Waals surface area contributed by atoms with E-state index in [1.54, 1.807) is 6.07 Å². The van der Waals surface area contributed by atoms with Gasteiger partial charge in [-0.1, -0.05) is 15.9 Å².